The molecule has 2 N–H and O–H groups in total. The number of aryl methyl sites for hydroxylation is 1. The molecule has 0 unspecified atom stereocenters. The Balaban J connectivity index is 2.00. The van der Waals surface area contributed by atoms with Gasteiger partial charge in [0.2, 0.25) is 11.8 Å². The fraction of sp³-hybridized carbons (Fsp3) is 0.471. The second kappa shape index (κ2) is 7.76. The maximum Gasteiger partial charge on any atom is 0.245 e. The highest BCUT2D eigenvalue weighted by molar-refractivity contribution is 5.91. The molecule has 1 amide bonds. The molecular weight excluding hydrogens is 292 g/mol. The molecule has 0 bridgehead atoms. The van der Waals surface area contributed by atoms with E-state index in [2.05, 4.69) is 34.6 Å². The summed E-state index contributed by atoms with van der Waals surface area (Å²) in [5.41, 5.74) is 2.79. The molecule has 23 heavy (non-hydrogen) atoms. The summed E-state index contributed by atoms with van der Waals surface area (Å²) in [6.07, 6.45) is 1.26. The van der Waals surface area contributed by atoms with Crippen molar-refractivity contribution in [2.75, 3.05) is 10.6 Å². The van der Waals surface area contributed by atoms with Crippen molar-refractivity contribution in [3.8, 4) is 0 Å². The van der Waals surface area contributed by atoms with Gasteiger partial charge in [0.25, 0.3) is 0 Å². The largest absolute Gasteiger partial charge is 0.376 e. The highest BCUT2D eigenvalue weighted by atomic mass is 16.5. The highest BCUT2D eigenvalue weighted by Crippen LogP contribution is 2.21. The van der Waals surface area contributed by atoms with Gasteiger partial charge in [-0.2, -0.15) is 4.98 Å². The molecule has 0 fully saturated rings. The molecule has 1 aromatic carbocycles. The quantitative estimate of drug-likeness (QED) is 0.816. The van der Waals surface area contributed by atoms with Crippen molar-refractivity contribution in [1.29, 1.82) is 0 Å². The zero-order valence-electron chi connectivity index (χ0n) is 14.1. The van der Waals surface area contributed by atoms with Crippen LogP contribution in [0.1, 0.15) is 44.5 Å². The van der Waals surface area contributed by atoms with Gasteiger partial charge in [-0.1, -0.05) is 32.0 Å². The molecule has 0 spiro atoms. The molecular formula is C17H24N4O2. The highest BCUT2D eigenvalue weighted by Gasteiger charge is 2.09. The van der Waals surface area contributed by atoms with E-state index in [1.807, 2.05) is 32.0 Å². The summed E-state index contributed by atoms with van der Waals surface area (Å²) < 4.78 is 5.25. The van der Waals surface area contributed by atoms with Crippen LogP contribution in [0.3, 0.4) is 0 Å². The van der Waals surface area contributed by atoms with Crippen molar-refractivity contribution >= 4 is 17.3 Å². The number of hydrogen-bond donors (Lipinski definition) is 2. The van der Waals surface area contributed by atoms with Crippen LogP contribution in [0.25, 0.3) is 0 Å². The third-order valence-electron chi connectivity index (χ3n) is 3.37. The van der Waals surface area contributed by atoms with Gasteiger partial charge in [-0.15, -0.1) is 0 Å². The first-order valence-electron chi connectivity index (χ1n) is 7.93. The zero-order valence-corrected chi connectivity index (χ0v) is 14.1. The second-order valence-electron chi connectivity index (χ2n) is 5.99. The molecule has 1 heterocycles. The summed E-state index contributed by atoms with van der Waals surface area (Å²) in [6.45, 7) is 8.53. The van der Waals surface area contributed by atoms with Crippen molar-refractivity contribution in [3.63, 3.8) is 0 Å². The Hall–Kier alpha value is -2.37. The van der Waals surface area contributed by atoms with Crippen LogP contribution < -0.4 is 10.6 Å². The second-order valence-corrected chi connectivity index (χ2v) is 5.99. The summed E-state index contributed by atoms with van der Waals surface area (Å²) >= 11 is 0. The molecule has 2 aromatic rings. The lowest BCUT2D eigenvalue weighted by Crippen LogP contribution is -2.10. The standard InChI is InChI=1S/C17H24N4O2/c1-5-16(22)19-13-7-6-12(4)14(9-13)18-10-17-20-15(21-23-17)8-11(2)3/h6-7,9,11,18H,5,8,10H2,1-4H3,(H,19,22). The molecule has 0 atom stereocenters. The van der Waals surface area contributed by atoms with Crippen LogP contribution in [0.5, 0.6) is 0 Å². The van der Waals surface area contributed by atoms with Gasteiger partial charge in [-0.05, 0) is 30.5 Å². The summed E-state index contributed by atoms with van der Waals surface area (Å²) in [7, 11) is 0. The van der Waals surface area contributed by atoms with E-state index in [4.69, 9.17) is 4.52 Å². The maximum atomic E-state index is 11.5. The molecule has 0 saturated heterocycles. The van der Waals surface area contributed by atoms with Crippen molar-refractivity contribution in [1.82, 2.24) is 10.1 Å². The molecule has 2 rings (SSSR count). The van der Waals surface area contributed by atoms with Crippen molar-refractivity contribution in [2.24, 2.45) is 5.92 Å². The number of hydrogen-bond acceptors (Lipinski definition) is 5. The van der Waals surface area contributed by atoms with E-state index >= 15 is 0 Å². The van der Waals surface area contributed by atoms with Gasteiger partial charge in [-0.3, -0.25) is 4.79 Å². The van der Waals surface area contributed by atoms with Crippen LogP contribution in [0.15, 0.2) is 22.7 Å². The number of amides is 1. The normalized spacial score (nSPS) is 10.8. The van der Waals surface area contributed by atoms with Crippen LogP contribution in [0.2, 0.25) is 0 Å². The van der Waals surface area contributed by atoms with Crippen LogP contribution in [0, 0.1) is 12.8 Å². The number of nitrogens with one attached hydrogen (secondary N) is 2. The van der Waals surface area contributed by atoms with E-state index in [-0.39, 0.29) is 5.91 Å². The van der Waals surface area contributed by atoms with E-state index in [9.17, 15) is 4.79 Å². The summed E-state index contributed by atoms with van der Waals surface area (Å²) in [6, 6.07) is 5.77. The first-order valence-corrected chi connectivity index (χ1v) is 7.93. The van der Waals surface area contributed by atoms with Crippen molar-refractivity contribution in [2.45, 2.75) is 47.1 Å². The average Bonchev–Trinajstić information content (AvgIpc) is 2.94. The smallest absolute Gasteiger partial charge is 0.245 e. The SMILES string of the molecule is CCC(=O)Nc1ccc(C)c(NCc2nc(CC(C)C)no2)c1. The molecule has 124 valence electrons. The Bertz CT molecular complexity index is 664. The van der Waals surface area contributed by atoms with Crippen LogP contribution in [-0.2, 0) is 17.8 Å². The van der Waals surface area contributed by atoms with Gasteiger partial charge in [0.05, 0.1) is 6.54 Å². The lowest BCUT2D eigenvalue weighted by atomic mass is 10.1. The van der Waals surface area contributed by atoms with Gasteiger partial charge in [0.15, 0.2) is 5.82 Å². The van der Waals surface area contributed by atoms with Gasteiger partial charge in [0, 0.05) is 24.2 Å². The predicted octanol–water partition coefficient (Wildman–Crippen LogP) is 3.54. The topological polar surface area (TPSA) is 80.0 Å². The number of carbonyl (C=O) groups is 1. The van der Waals surface area contributed by atoms with Gasteiger partial charge < -0.3 is 15.2 Å². The summed E-state index contributed by atoms with van der Waals surface area (Å²) in [5.74, 6) is 1.78. The van der Waals surface area contributed by atoms with Crippen LogP contribution in [-0.4, -0.2) is 16.0 Å². The van der Waals surface area contributed by atoms with Gasteiger partial charge in [0.1, 0.15) is 0 Å². The Morgan fingerprint density at radius 2 is 2.13 bits per heavy atom. The fourth-order valence-electron chi connectivity index (χ4n) is 2.12. The number of carbonyl (C=O) groups excluding carboxylic acids is 1. The molecule has 0 radical (unpaired) electrons. The van der Waals surface area contributed by atoms with E-state index in [0.29, 0.717) is 24.8 Å². The molecule has 0 aliphatic rings. The Morgan fingerprint density at radius 1 is 1.35 bits per heavy atom. The minimum absolute atomic E-state index is 0.00460. The summed E-state index contributed by atoms with van der Waals surface area (Å²) in [4.78, 5) is 15.9. The van der Waals surface area contributed by atoms with Gasteiger partial charge in [-0.25, -0.2) is 0 Å². The van der Waals surface area contributed by atoms with E-state index in [0.717, 1.165) is 29.2 Å². The lowest BCUT2D eigenvalue weighted by molar-refractivity contribution is -0.115. The Labute approximate surface area is 136 Å². The first-order chi connectivity index (χ1) is 11.0. The van der Waals surface area contributed by atoms with Crippen molar-refractivity contribution in [3.05, 3.63) is 35.5 Å². The minimum atomic E-state index is -0.00460. The molecule has 1 aromatic heterocycles. The number of anilines is 2. The van der Waals surface area contributed by atoms with Gasteiger partial charge >= 0.3 is 0 Å². The monoisotopic (exact) mass is 316 g/mol. The molecule has 6 heteroatoms. The third-order valence-corrected chi connectivity index (χ3v) is 3.37. The predicted molar refractivity (Wildman–Crippen MR) is 90.3 cm³/mol. The first kappa shape index (κ1) is 17.0. The van der Waals surface area contributed by atoms with E-state index in [1.54, 1.807) is 0 Å². The lowest BCUT2D eigenvalue weighted by Gasteiger charge is -2.10. The third kappa shape index (κ3) is 5.09. The number of benzene rings is 1. The molecule has 0 aliphatic heterocycles. The number of nitrogens with zero attached hydrogens (tertiary/aromatic N) is 2. The Kier molecular flexibility index (Phi) is 5.73. The molecule has 6 nitrogen and oxygen atoms in total. The van der Waals surface area contributed by atoms with Crippen LogP contribution >= 0.6 is 0 Å². The van der Waals surface area contributed by atoms with Crippen LogP contribution in [0.4, 0.5) is 11.4 Å². The summed E-state index contributed by atoms with van der Waals surface area (Å²) in [5, 5.41) is 10.1. The molecule has 0 aliphatic carbocycles. The maximum absolute atomic E-state index is 11.5. The van der Waals surface area contributed by atoms with Crippen molar-refractivity contribution < 1.29 is 9.32 Å². The zero-order chi connectivity index (χ0) is 16.8. The fourth-order valence-corrected chi connectivity index (χ4v) is 2.12. The average molecular weight is 316 g/mol. The number of aromatic nitrogens is 2. The minimum Gasteiger partial charge on any atom is -0.376 e. The molecule has 0 saturated carbocycles. The Morgan fingerprint density at radius 3 is 2.83 bits per heavy atom. The number of rotatable bonds is 7. The van der Waals surface area contributed by atoms with E-state index in [1.165, 1.54) is 0 Å². The van der Waals surface area contributed by atoms with E-state index < -0.39 is 0 Å².